The standard InChI is InChI=1S/C60H48N2/c1-4-15-41(16-5-1)44-27-31-51(32-28-44)61-58-26-13-11-24-54(58)56-39-47(30-34-59(56)61)45-21-14-22-46(35-45)48-29-33-55-53-23-10-12-25-57(53)62(60(55)40-48)52-37-49(42-17-6-2-7-18-42)36-50(38-52)43-19-8-3-9-20-43/h1-9,12-15,17-20,22,25-41,45H,10-11,16,21,23-24H2. The Morgan fingerprint density at radius 3 is 1.77 bits per heavy atom. The van der Waals surface area contributed by atoms with Gasteiger partial charge in [0.1, 0.15) is 0 Å². The third kappa shape index (κ3) is 6.41. The first-order valence-corrected chi connectivity index (χ1v) is 22.5. The van der Waals surface area contributed by atoms with E-state index in [0.717, 1.165) is 38.5 Å². The Hall–Kier alpha value is -7.16. The summed E-state index contributed by atoms with van der Waals surface area (Å²) in [7, 11) is 0. The highest BCUT2D eigenvalue weighted by Gasteiger charge is 2.24. The number of hydrogen-bond donors (Lipinski definition) is 0. The number of rotatable bonds is 7. The lowest BCUT2D eigenvalue weighted by Gasteiger charge is -2.19. The summed E-state index contributed by atoms with van der Waals surface area (Å²) in [5.74, 6) is 0.748. The lowest BCUT2D eigenvalue weighted by molar-refractivity contribution is 0.852. The molecule has 12 rings (SSSR count). The van der Waals surface area contributed by atoms with E-state index in [1.165, 1.54) is 100 Å². The van der Waals surface area contributed by atoms with Crippen LogP contribution in [-0.2, 0) is 12.8 Å². The molecule has 0 radical (unpaired) electrons. The molecule has 4 aliphatic carbocycles. The Balaban J connectivity index is 0.937. The summed E-state index contributed by atoms with van der Waals surface area (Å²) in [6.07, 6.45) is 31.9. The zero-order valence-electron chi connectivity index (χ0n) is 34.9. The average Bonchev–Trinajstić information content (AvgIpc) is 3.87. The third-order valence-corrected chi connectivity index (χ3v) is 13.7. The van der Waals surface area contributed by atoms with Gasteiger partial charge in [-0.15, -0.1) is 0 Å². The first kappa shape index (κ1) is 36.7. The molecule has 2 aromatic heterocycles. The van der Waals surface area contributed by atoms with Crippen molar-refractivity contribution in [1.29, 1.82) is 0 Å². The molecule has 0 N–H and O–H groups in total. The van der Waals surface area contributed by atoms with Crippen molar-refractivity contribution in [3.05, 3.63) is 233 Å². The topological polar surface area (TPSA) is 9.86 Å². The van der Waals surface area contributed by atoms with Gasteiger partial charge in [-0.1, -0.05) is 146 Å². The van der Waals surface area contributed by atoms with Crippen LogP contribution in [0.4, 0.5) is 0 Å². The zero-order valence-corrected chi connectivity index (χ0v) is 34.9. The van der Waals surface area contributed by atoms with E-state index in [2.05, 4.69) is 215 Å². The summed E-state index contributed by atoms with van der Waals surface area (Å²) in [5, 5.41) is 2.74. The molecule has 298 valence electrons. The molecule has 0 fully saturated rings. The van der Waals surface area contributed by atoms with Crippen LogP contribution in [0.15, 0.2) is 194 Å². The fourth-order valence-corrected chi connectivity index (χ4v) is 10.6. The first-order valence-electron chi connectivity index (χ1n) is 22.5. The number of nitrogens with zero attached hydrogens (tertiary/aromatic N) is 2. The molecule has 0 bridgehead atoms. The predicted molar refractivity (Wildman–Crippen MR) is 262 cm³/mol. The second kappa shape index (κ2) is 15.4. The summed E-state index contributed by atoms with van der Waals surface area (Å²) in [4.78, 5) is 0. The molecule has 4 aliphatic rings. The second-order valence-corrected chi connectivity index (χ2v) is 17.4. The van der Waals surface area contributed by atoms with E-state index in [1.54, 1.807) is 0 Å². The highest BCUT2D eigenvalue weighted by Crippen LogP contribution is 2.42. The van der Waals surface area contributed by atoms with Crippen LogP contribution in [-0.4, -0.2) is 9.13 Å². The summed E-state index contributed by atoms with van der Waals surface area (Å²) in [6.45, 7) is 0. The van der Waals surface area contributed by atoms with Gasteiger partial charge in [0.25, 0.3) is 0 Å². The number of fused-ring (bicyclic) bond motifs is 6. The molecule has 0 spiro atoms. The van der Waals surface area contributed by atoms with E-state index < -0.39 is 0 Å². The van der Waals surface area contributed by atoms with Crippen LogP contribution < -0.4 is 0 Å². The number of hydrogen-bond acceptors (Lipinski definition) is 0. The van der Waals surface area contributed by atoms with Gasteiger partial charge in [-0.2, -0.15) is 0 Å². The van der Waals surface area contributed by atoms with Crippen LogP contribution in [0.3, 0.4) is 0 Å². The lowest BCUT2D eigenvalue weighted by atomic mass is 9.86. The van der Waals surface area contributed by atoms with Crippen LogP contribution in [0.1, 0.15) is 76.7 Å². The molecule has 8 aromatic rings. The maximum Gasteiger partial charge on any atom is 0.0543 e. The van der Waals surface area contributed by atoms with Crippen molar-refractivity contribution in [3.8, 4) is 33.6 Å². The minimum Gasteiger partial charge on any atom is -0.310 e. The highest BCUT2D eigenvalue weighted by atomic mass is 15.0. The SMILES string of the molecule is C1=CCC(c2ccc(-n3c4c(c5cc(C6C=C(c7ccc8c9c(n(-c%10cc(-c%11ccccc%11)cc(-c%11ccccc%11)c%10)c8c7)C=CCC9)C=CC6)ccc53)CCC=C4)cc2)C=C1. The van der Waals surface area contributed by atoms with E-state index in [1.807, 2.05) is 0 Å². The summed E-state index contributed by atoms with van der Waals surface area (Å²) >= 11 is 0. The molecule has 2 atom stereocenters. The van der Waals surface area contributed by atoms with Gasteiger partial charge in [-0.25, -0.2) is 0 Å². The van der Waals surface area contributed by atoms with Gasteiger partial charge in [0.05, 0.1) is 11.0 Å². The van der Waals surface area contributed by atoms with E-state index in [0.29, 0.717) is 11.8 Å². The van der Waals surface area contributed by atoms with Crippen molar-refractivity contribution in [2.45, 2.75) is 50.4 Å². The van der Waals surface area contributed by atoms with E-state index in [-0.39, 0.29) is 0 Å². The average molecular weight is 797 g/mol. The molecule has 0 amide bonds. The van der Waals surface area contributed by atoms with Gasteiger partial charge in [-0.3, -0.25) is 0 Å². The maximum atomic E-state index is 2.53. The molecule has 0 saturated carbocycles. The van der Waals surface area contributed by atoms with Crippen molar-refractivity contribution < 1.29 is 0 Å². The van der Waals surface area contributed by atoms with Crippen LogP contribution in [0, 0.1) is 0 Å². The Morgan fingerprint density at radius 2 is 1.08 bits per heavy atom. The second-order valence-electron chi connectivity index (χ2n) is 17.4. The third-order valence-electron chi connectivity index (χ3n) is 13.7. The van der Waals surface area contributed by atoms with Crippen molar-refractivity contribution >= 4 is 39.5 Å². The first-order chi connectivity index (χ1) is 30.7. The largest absolute Gasteiger partial charge is 0.310 e. The summed E-state index contributed by atoms with van der Waals surface area (Å²) < 4.78 is 5.02. The van der Waals surface area contributed by atoms with Gasteiger partial charge in [0.2, 0.25) is 0 Å². The molecule has 2 unspecified atom stereocenters. The molecular weight excluding hydrogens is 749 g/mol. The maximum absolute atomic E-state index is 2.53. The van der Waals surface area contributed by atoms with Gasteiger partial charge >= 0.3 is 0 Å². The summed E-state index contributed by atoms with van der Waals surface area (Å²) in [6, 6.07) is 52.5. The minimum atomic E-state index is 0.295. The Labute approximate surface area is 364 Å². The van der Waals surface area contributed by atoms with Crippen molar-refractivity contribution in [2.75, 3.05) is 0 Å². The fourth-order valence-electron chi connectivity index (χ4n) is 10.6. The smallest absolute Gasteiger partial charge is 0.0543 e. The molecular formula is C60H48N2. The highest BCUT2D eigenvalue weighted by molar-refractivity contribution is 5.95. The van der Waals surface area contributed by atoms with Crippen molar-refractivity contribution in [2.24, 2.45) is 0 Å². The van der Waals surface area contributed by atoms with Crippen LogP contribution >= 0.6 is 0 Å². The minimum absolute atomic E-state index is 0.295. The Morgan fingerprint density at radius 1 is 0.419 bits per heavy atom. The van der Waals surface area contributed by atoms with Crippen LogP contribution in [0.25, 0.3) is 73.2 Å². The molecule has 2 heteroatoms. The number of benzene rings is 6. The molecule has 62 heavy (non-hydrogen) atoms. The summed E-state index contributed by atoms with van der Waals surface area (Å²) in [5.41, 5.74) is 20.7. The van der Waals surface area contributed by atoms with Crippen LogP contribution in [0.5, 0.6) is 0 Å². The van der Waals surface area contributed by atoms with E-state index in [4.69, 9.17) is 0 Å². The Kier molecular flexibility index (Phi) is 9.10. The van der Waals surface area contributed by atoms with Gasteiger partial charge in [-0.05, 0) is 155 Å². The number of aryl methyl sites for hydroxylation is 2. The molecule has 0 aliphatic heterocycles. The fraction of sp³-hybridized carbons (Fsp3) is 0.133. The number of aromatic nitrogens is 2. The van der Waals surface area contributed by atoms with Gasteiger partial charge in [0.15, 0.2) is 0 Å². The molecule has 0 saturated heterocycles. The quantitative estimate of drug-likeness (QED) is 0.152. The van der Waals surface area contributed by atoms with Crippen molar-refractivity contribution in [1.82, 2.24) is 9.13 Å². The van der Waals surface area contributed by atoms with Gasteiger partial charge in [0, 0.05) is 45.4 Å². The molecule has 2 nitrogen and oxygen atoms in total. The van der Waals surface area contributed by atoms with Crippen molar-refractivity contribution in [3.63, 3.8) is 0 Å². The monoisotopic (exact) mass is 796 g/mol. The predicted octanol–water partition coefficient (Wildman–Crippen LogP) is 15.6. The Bertz CT molecular complexity index is 3150. The van der Waals surface area contributed by atoms with Crippen LogP contribution in [0.2, 0.25) is 0 Å². The normalized spacial score (nSPS) is 17.7. The van der Waals surface area contributed by atoms with Gasteiger partial charge < -0.3 is 9.13 Å². The molecule has 2 heterocycles. The number of allylic oxidation sites excluding steroid dienone is 10. The van der Waals surface area contributed by atoms with E-state index >= 15 is 0 Å². The molecule has 6 aromatic carbocycles. The zero-order chi connectivity index (χ0) is 41.0. The lowest BCUT2D eigenvalue weighted by Crippen LogP contribution is -2.02. The van der Waals surface area contributed by atoms with E-state index in [9.17, 15) is 0 Å².